The monoisotopic (exact) mass is 279 g/mol. The molecule has 0 aliphatic carbocycles. The van der Waals surface area contributed by atoms with Crippen molar-refractivity contribution in [3.63, 3.8) is 0 Å². The van der Waals surface area contributed by atoms with Crippen LogP contribution < -0.4 is 0 Å². The lowest BCUT2D eigenvalue weighted by atomic mass is 10.2. The molecule has 0 radical (unpaired) electrons. The summed E-state index contributed by atoms with van der Waals surface area (Å²) < 4.78 is 0. The molecule has 0 N–H and O–H groups in total. The molecule has 16 heavy (non-hydrogen) atoms. The molecule has 5 heteroatoms. The lowest BCUT2D eigenvalue weighted by molar-refractivity contribution is 0.0796. The molecule has 0 heterocycles. The van der Waals surface area contributed by atoms with Gasteiger partial charge in [0.05, 0.1) is 0 Å². The normalized spacial score (nSPS) is 12.3. The summed E-state index contributed by atoms with van der Waals surface area (Å²) in [5.74, 6) is -0.142. The number of amides is 1. The topological polar surface area (TPSA) is 20.3 Å². The lowest BCUT2D eigenvalue weighted by Crippen LogP contribution is -2.31. The fourth-order valence-electron chi connectivity index (χ4n) is 1.36. The Morgan fingerprint density at radius 2 is 1.81 bits per heavy atom. The maximum absolute atomic E-state index is 11.9. The molecule has 1 amide bonds. The van der Waals surface area contributed by atoms with E-state index in [0.29, 0.717) is 22.2 Å². The second-order valence-electron chi connectivity index (χ2n) is 3.62. The third kappa shape index (κ3) is 3.85. The molecule has 2 nitrogen and oxygen atoms in total. The first kappa shape index (κ1) is 13.6. The number of nitrogens with zero attached hydrogens (tertiary/aromatic N) is 1. The first-order valence-electron chi connectivity index (χ1n) is 4.76. The second-order valence-corrected chi connectivity index (χ2v) is 5.24. The SMILES string of the molecule is CC(Cl)CN(C)C(=O)c1cc(Cl)cc(Cl)c1. The number of halogens is 3. The molecule has 0 saturated carbocycles. The fourth-order valence-corrected chi connectivity index (χ4v) is 2.09. The predicted molar refractivity (Wildman–Crippen MR) is 68.7 cm³/mol. The van der Waals surface area contributed by atoms with Gasteiger partial charge in [-0.05, 0) is 25.1 Å². The van der Waals surface area contributed by atoms with E-state index in [1.807, 2.05) is 6.92 Å². The lowest BCUT2D eigenvalue weighted by Gasteiger charge is -2.18. The minimum Gasteiger partial charge on any atom is -0.340 e. The van der Waals surface area contributed by atoms with Gasteiger partial charge in [-0.1, -0.05) is 23.2 Å². The van der Waals surface area contributed by atoms with Gasteiger partial charge in [-0.2, -0.15) is 0 Å². The van der Waals surface area contributed by atoms with Crippen molar-refractivity contribution in [2.75, 3.05) is 13.6 Å². The Bertz CT molecular complexity index is 373. The third-order valence-electron chi connectivity index (χ3n) is 1.98. The third-order valence-corrected chi connectivity index (χ3v) is 2.56. The highest BCUT2D eigenvalue weighted by Crippen LogP contribution is 2.20. The number of hydrogen-bond donors (Lipinski definition) is 0. The molecular weight excluding hydrogens is 268 g/mol. The average molecular weight is 281 g/mol. The molecule has 1 atom stereocenters. The van der Waals surface area contributed by atoms with E-state index in [9.17, 15) is 4.79 Å². The van der Waals surface area contributed by atoms with Crippen molar-refractivity contribution < 1.29 is 4.79 Å². The molecule has 1 rings (SSSR count). The Morgan fingerprint density at radius 1 is 1.31 bits per heavy atom. The van der Waals surface area contributed by atoms with Gasteiger partial charge in [0.15, 0.2) is 0 Å². The largest absolute Gasteiger partial charge is 0.340 e. The Labute approximate surface area is 110 Å². The minimum atomic E-state index is -0.142. The van der Waals surface area contributed by atoms with Gasteiger partial charge in [0, 0.05) is 34.6 Å². The number of benzene rings is 1. The molecular formula is C11H12Cl3NO. The minimum absolute atomic E-state index is 0.0939. The maximum atomic E-state index is 11.9. The Hall–Kier alpha value is -0.440. The summed E-state index contributed by atoms with van der Waals surface area (Å²) in [6, 6.07) is 4.76. The highest BCUT2D eigenvalue weighted by atomic mass is 35.5. The molecule has 0 aliphatic rings. The highest BCUT2D eigenvalue weighted by molar-refractivity contribution is 6.35. The van der Waals surface area contributed by atoms with Gasteiger partial charge >= 0.3 is 0 Å². The molecule has 0 bridgehead atoms. The Balaban J connectivity index is 2.87. The van der Waals surface area contributed by atoms with Crippen LogP contribution in [-0.4, -0.2) is 29.8 Å². The first-order valence-corrected chi connectivity index (χ1v) is 5.95. The number of rotatable bonds is 3. The zero-order valence-electron chi connectivity index (χ0n) is 9.01. The van der Waals surface area contributed by atoms with E-state index in [1.165, 1.54) is 0 Å². The van der Waals surface area contributed by atoms with Crippen LogP contribution in [0.3, 0.4) is 0 Å². The maximum Gasteiger partial charge on any atom is 0.253 e. The molecule has 1 aromatic carbocycles. The van der Waals surface area contributed by atoms with Crippen molar-refractivity contribution in [1.29, 1.82) is 0 Å². The van der Waals surface area contributed by atoms with E-state index in [-0.39, 0.29) is 11.3 Å². The number of carbonyl (C=O) groups is 1. The summed E-state index contributed by atoms with van der Waals surface area (Å²) in [4.78, 5) is 13.5. The quantitative estimate of drug-likeness (QED) is 0.773. The van der Waals surface area contributed by atoms with Gasteiger partial charge in [0.1, 0.15) is 0 Å². The molecule has 0 fully saturated rings. The van der Waals surface area contributed by atoms with Crippen molar-refractivity contribution in [1.82, 2.24) is 4.90 Å². The molecule has 0 aliphatic heterocycles. The van der Waals surface area contributed by atoms with Gasteiger partial charge in [-0.3, -0.25) is 4.79 Å². The Morgan fingerprint density at radius 3 is 2.25 bits per heavy atom. The van der Waals surface area contributed by atoms with Gasteiger partial charge < -0.3 is 4.90 Å². The van der Waals surface area contributed by atoms with Gasteiger partial charge in [0.25, 0.3) is 5.91 Å². The number of carbonyl (C=O) groups excluding carboxylic acids is 1. The first-order chi connectivity index (χ1) is 7.40. The van der Waals surface area contributed by atoms with Crippen LogP contribution >= 0.6 is 34.8 Å². The van der Waals surface area contributed by atoms with Crippen LogP contribution in [0.2, 0.25) is 10.0 Å². The smallest absolute Gasteiger partial charge is 0.253 e. The fraction of sp³-hybridized carbons (Fsp3) is 0.364. The van der Waals surface area contributed by atoms with Crippen LogP contribution in [0.4, 0.5) is 0 Å². The summed E-state index contributed by atoms with van der Waals surface area (Å²) in [7, 11) is 1.69. The number of alkyl halides is 1. The van der Waals surface area contributed by atoms with Crippen molar-refractivity contribution in [3.05, 3.63) is 33.8 Å². The van der Waals surface area contributed by atoms with Gasteiger partial charge in [-0.25, -0.2) is 0 Å². The molecule has 0 spiro atoms. The molecule has 0 aromatic heterocycles. The van der Waals surface area contributed by atoms with E-state index >= 15 is 0 Å². The van der Waals surface area contributed by atoms with Gasteiger partial charge in [-0.15, -0.1) is 11.6 Å². The molecule has 1 unspecified atom stereocenters. The Kier molecular flexibility index (Phi) is 4.90. The van der Waals surface area contributed by atoms with Crippen molar-refractivity contribution >= 4 is 40.7 Å². The van der Waals surface area contributed by atoms with Crippen molar-refractivity contribution in [2.24, 2.45) is 0 Å². The zero-order valence-corrected chi connectivity index (χ0v) is 11.3. The van der Waals surface area contributed by atoms with Crippen LogP contribution in [0.1, 0.15) is 17.3 Å². The van der Waals surface area contributed by atoms with Crippen molar-refractivity contribution in [2.45, 2.75) is 12.3 Å². The van der Waals surface area contributed by atoms with E-state index in [2.05, 4.69) is 0 Å². The van der Waals surface area contributed by atoms with Crippen LogP contribution in [-0.2, 0) is 0 Å². The molecule has 88 valence electrons. The summed E-state index contributed by atoms with van der Waals surface area (Å²) in [5.41, 5.74) is 0.470. The second kappa shape index (κ2) is 5.76. The highest BCUT2D eigenvalue weighted by Gasteiger charge is 2.14. The van der Waals surface area contributed by atoms with E-state index in [0.717, 1.165) is 0 Å². The average Bonchev–Trinajstić information content (AvgIpc) is 2.13. The van der Waals surface area contributed by atoms with E-state index < -0.39 is 0 Å². The van der Waals surface area contributed by atoms with Crippen LogP contribution in [0.15, 0.2) is 18.2 Å². The number of hydrogen-bond acceptors (Lipinski definition) is 1. The predicted octanol–water partition coefficient (Wildman–Crippen LogP) is 3.69. The summed E-state index contributed by atoms with van der Waals surface area (Å²) in [5, 5.41) is 0.801. The summed E-state index contributed by atoms with van der Waals surface area (Å²) in [6.07, 6.45) is 0. The van der Waals surface area contributed by atoms with Crippen LogP contribution in [0, 0.1) is 0 Å². The van der Waals surface area contributed by atoms with Crippen LogP contribution in [0.5, 0.6) is 0 Å². The van der Waals surface area contributed by atoms with E-state index in [1.54, 1.807) is 30.1 Å². The summed E-state index contributed by atoms with van der Waals surface area (Å²) in [6.45, 7) is 2.31. The molecule has 0 saturated heterocycles. The van der Waals surface area contributed by atoms with Crippen LogP contribution in [0.25, 0.3) is 0 Å². The van der Waals surface area contributed by atoms with E-state index in [4.69, 9.17) is 34.8 Å². The molecule has 1 aromatic rings. The van der Waals surface area contributed by atoms with Crippen molar-refractivity contribution in [3.8, 4) is 0 Å². The standard InChI is InChI=1S/C11H12Cl3NO/c1-7(12)6-15(2)11(16)8-3-9(13)5-10(14)4-8/h3-5,7H,6H2,1-2H3. The zero-order chi connectivity index (χ0) is 12.3. The summed E-state index contributed by atoms with van der Waals surface area (Å²) >= 11 is 17.5. The van der Waals surface area contributed by atoms with Gasteiger partial charge in [0.2, 0.25) is 0 Å².